The van der Waals surface area contributed by atoms with Gasteiger partial charge in [0.25, 0.3) is 0 Å². The van der Waals surface area contributed by atoms with Crippen LogP contribution in [0.3, 0.4) is 0 Å². The van der Waals surface area contributed by atoms with Crippen molar-refractivity contribution in [1.29, 1.82) is 0 Å². The van der Waals surface area contributed by atoms with Gasteiger partial charge >= 0.3 is 5.97 Å². The van der Waals surface area contributed by atoms with Crippen molar-refractivity contribution in [2.75, 3.05) is 33.3 Å². The first-order valence-electron chi connectivity index (χ1n) is 5.11. The number of carbonyl (C=O) groups excluding carboxylic acids is 1. The summed E-state index contributed by atoms with van der Waals surface area (Å²) in [6.45, 7) is 12.9. The predicted octanol–water partition coefficient (Wildman–Crippen LogP) is -1.40. The van der Waals surface area contributed by atoms with Crippen LogP contribution in [0.25, 0.3) is 0 Å². The molecule has 90 valence electrons. The quantitative estimate of drug-likeness (QED) is 0.340. The number of hydrogen-bond donors (Lipinski definition) is 0. The molecule has 0 unspecified atom stereocenters. The Morgan fingerprint density at radius 1 is 1.33 bits per heavy atom. The lowest BCUT2D eigenvalue weighted by atomic mass is 10.3. The molecule has 0 aliphatic carbocycles. The summed E-state index contributed by atoms with van der Waals surface area (Å²) in [5.41, 5.74) is 0.465. The van der Waals surface area contributed by atoms with E-state index in [1.165, 1.54) is 0 Å². The molecule has 0 rings (SSSR count). The molecule has 15 heavy (non-hydrogen) atoms. The molecule has 0 fully saturated rings. The Kier molecular flexibility index (Phi) is 8.96. The molecule has 0 aliphatic heterocycles. The van der Waals surface area contributed by atoms with Crippen molar-refractivity contribution >= 4 is 5.97 Å². The fourth-order valence-corrected chi connectivity index (χ4v) is 1.02. The minimum absolute atomic E-state index is 0. The molecule has 0 aromatic rings. The summed E-state index contributed by atoms with van der Waals surface area (Å²) in [5.74, 6) is -0.288. The highest BCUT2D eigenvalue weighted by atomic mass is 79.9. The van der Waals surface area contributed by atoms with Crippen LogP contribution in [-0.4, -0.2) is 43.7 Å². The smallest absolute Gasteiger partial charge is 0.333 e. The van der Waals surface area contributed by atoms with E-state index < -0.39 is 0 Å². The molecule has 0 aromatic heterocycles. The number of quaternary nitrogens is 1. The number of likely N-dealkylation sites (N-methyl/N-ethyl adjacent to an activating group) is 1. The molecule has 0 saturated heterocycles. The molecule has 0 atom stereocenters. The number of esters is 1. The van der Waals surface area contributed by atoms with Gasteiger partial charge in [0.1, 0.15) is 13.2 Å². The largest absolute Gasteiger partial charge is 1.00 e. The lowest BCUT2D eigenvalue weighted by Crippen LogP contribution is -3.00. The van der Waals surface area contributed by atoms with E-state index in [1.807, 2.05) is 0 Å². The molecule has 0 N–H and O–H groups in total. The van der Waals surface area contributed by atoms with E-state index in [1.54, 1.807) is 6.92 Å². The zero-order valence-electron chi connectivity index (χ0n) is 10.2. The molecule has 0 aromatic carbocycles. The Bertz CT molecular complexity index is 213. The van der Waals surface area contributed by atoms with Crippen LogP contribution >= 0.6 is 0 Å². The fourth-order valence-electron chi connectivity index (χ4n) is 1.02. The third kappa shape index (κ3) is 6.68. The Balaban J connectivity index is 0. The summed E-state index contributed by atoms with van der Waals surface area (Å²) in [7, 11) is 2.16. The highest BCUT2D eigenvalue weighted by Gasteiger charge is 2.16. The third-order valence-corrected chi connectivity index (χ3v) is 2.74. The molecule has 0 heterocycles. The minimum Gasteiger partial charge on any atom is -1.00 e. The fraction of sp³-hybridized carbons (Fsp3) is 0.727. The molecule has 4 heteroatoms. The van der Waals surface area contributed by atoms with Gasteiger partial charge in [-0.05, 0) is 20.8 Å². The molecule has 3 nitrogen and oxygen atoms in total. The average molecular weight is 280 g/mol. The van der Waals surface area contributed by atoms with E-state index in [9.17, 15) is 4.79 Å². The zero-order chi connectivity index (χ0) is 11.2. The number of carbonyl (C=O) groups is 1. The van der Waals surface area contributed by atoms with Gasteiger partial charge in [0.2, 0.25) is 0 Å². The maximum absolute atomic E-state index is 11.1. The van der Waals surface area contributed by atoms with Crippen LogP contribution in [-0.2, 0) is 9.53 Å². The standard InChI is InChI=1S/C11H22NO2.BrH/c1-6-12(5,7-2)8-9-14-11(13)10(3)4;/h3,6-9H2,1-2,4-5H3;1H/q+1;/p-1. The van der Waals surface area contributed by atoms with Crippen LogP contribution in [0.2, 0.25) is 0 Å². The monoisotopic (exact) mass is 279 g/mol. The average Bonchev–Trinajstić information content (AvgIpc) is 2.17. The minimum atomic E-state index is -0.288. The highest BCUT2D eigenvalue weighted by Crippen LogP contribution is 2.01. The topological polar surface area (TPSA) is 26.3 Å². The van der Waals surface area contributed by atoms with Crippen molar-refractivity contribution in [2.24, 2.45) is 0 Å². The Labute approximate surface area is 103 Å². The van der Waals surface area contributed by atoms with E-state index in [0.717, 1.165) is 24.1 Å². The number of nitrogens with zero attached hydrogens (tertiary/aromatic N) is 1. The Hall–Kier alpha value is -0.350. The van der Waals surface area contributed by atoms with Crippen molar-refractivity contribution in [3.8, 4) is 0 Å². The summed E-state index contributed by atoms with van der Waals surface area (Å²) in [6.07, 6.45) is 0. The van der Waals surface area contributed by atoms with Crippen LogP contribution < -0.4 is 17.0 Å². The van der Waals surface area contributed by atoms with E-state index in [2.05, 4.69) is 27.5 Å². The summed E-state index contributed by atoms with van der Waals surface area (Å²) >= 11 is 0. The summed E-state index contributed by atoms with van der Waals surface area (Å²) < 4.78 is 5.98. The van der Waals surface area contributed by atoms with Gasteiger partial charge in [0.15, 0.2) is 0 Å². The first-order chi connectivity index (χ1) is 6.45. The van der Waals surface area contributed by atoms with Crippen molar-refractivity contribution < 1.29 is 31.0 Å². The highest BCUT2D eigenvalue weighted by molar-refractivity contribution is 5.86. The normalized spacial score (nSPS) is 10.4. The van der Waals surface area contributed by atoms with Crippen molar-refractivity contribution in [2.45, 2.75) is 20.8 Å². The van der Waals surface area contributed by atoms with E-state index in [0.29, 0.717) is 12.2 Å². The summed E-state index contributed by atoms with van der Waals surface area (Å²) in [6, 6.07) is 0. The van der Waals surface area contributed by atoms with Crippen LogP contribution in [0.5, 0.6) is 0 Å². The lowest BCUT2D eigenvalue weighted by Gasteiger charge is -2.31. The van der Waals surface area contributed by atoms with Gasteiger partial charge in [-0.1, -0.05) is 6.58 Å². The van der Waals surface area contributed by atoms with Crippen LogP contribution in [0.15, 0.2) is 12.2 Å². The van der Waals surface area contributed by atoms with Gasteiger partial charge < -0.3 is 26.2 Å². The molecular weight excluding hydrogens is 258 g/mol. The first-order valence-corrected chi connectivity index (χ1v) is 5.11. The second-order valence-corrected chi connectivity index (χ2v) is 3.89. The summed E-state index contributed by atoms with van der Waals surface area (Å²) in [4.78, 5) is 11.1. The van der Waals surface area contributed by atoms with Gasteiger partial charge in [-0.15, -0.1) is 0 Å². The number of hydrogen-bond acceptors (Lipinski definition) is 2. The molecule has 0 bridgehead atoms. The van der Waals surface area contributed by atoms with Crippen LogP contribution in [0.4, 0.5) is 0 Å². The molecular formula is C11H22BrNO2. The second kappa shape index (κ2) is 7.88. The number of rotatable bonds is 6. The first kappa shape index (κ1) is 17.1. The maximum atomic E-state index is 11.1. The maximum Gasteiger partial charge on any atom is 0.333 e. The van der Waals surface area contributed by atoms with E-state index in [4.69, 9.17) is 4.74 Å². The molecule has 0 amide bonds. The molecule has 0 spiro atoms. The second-order valence-electron chi connectivity index (χ2n) is 3.89. The van der Waals surface area contributed by atoms with Crippen molar-refractivity contribution in [1.82, 2.24) is 0 Å². The summed E-state index contributed by atoms with van der Waals surface area (Å²) in [5, 5.41) is 0. The van der Waals surface area contributed by atoms with Crippen LogP contribution in [0, 0.1) is 0 Å². The van der Waals surface area contributed by atoms with Gasteiger partial charge in [-0.25, -0.2) is 4.79 Å². The van der Waals surface area contributed by atoms with Gasteiger partial charge in [-0.3, -0.25) is 0 Å². The zero-order valence-corrected chi connectivity index (χ0v) is 11.8. The van der Waals surface area contributed by atoms with E-state index >= 15 is 0 Å². The number of halogens is 1. The van der Waals surface area contributed by atoms with Gasteiger partial charge in [0, 0.05) is 5.57 Å². The van der Waals surface area contributed by atoms with Crippen molar-refractivity contribution in [3.05, 3.63) is 12.2 Å². The molecule has 0 saturated carbocycles. The Morgan fingerprint density at radius 2 is 1.80 bits per heavy atom. The molecule has 0 radical (unpaired) electrons. The van der Waals surface area contributed by atoms with Crippen molar-refractivity contribution in [3.63, 3.8) is 0 Å². The van der Waals surface area contributed by atoms with Gasteiger partial charge in [-0.2, -0.15) is 0 Å². The van der Waals surface area contributed by atoms with E-state index in [-0.39, 0.29) is 23.0 Å². The Morgan fingerprint density at radius 3 is 2.13 bits per heavy atom. The lowest BCUT2D eigenvalue weighted by molar-refractivity contribution is -0.906. The predicted molar refractivity (Wildman–Crippen MR) is 57.9 cm³/mol. The molecule has 0 aliphatic rings. The van der Waals surface area contributed by atoms with Gasteiger partial charge in [0.05, 0.1) is 20.1 Å². The third-order valence-electron chi connectivity index (χ3n) is 2.74. The SMILES string of the molecule is C=C(C)C(=O)OCC[N+](C)(CC)CC.[Br-]. The number of ether oxygens (including phenoxy) is 1. The van der Waals surface area contributed by atoms with Crippen LogP contribution in [0.1, 0.15) is 20.8 Å².